The van der Waals surface area contributed by atoms with Gasteiger partial charge in [0.25, 0.3) is 25.9 Å². The molecule has 0 atom stereocenters. The van der Waals surface area contributed by atoms with Gasteiger partial charge in [0.1, 0.15) is 16.3 Å². The molecule has 23 heteroatoms. The van der Waals surface area contributed by atoms with Gasteiger partial charge in [-0.25, -0.2) is 0 Å². The summed E-state index contributed by atoms with van der Waals surface area (Å²) in [5.74, 6) is -3.26. The number of nitrogens with zero attached hydrogens (tertiary/aromatic N) is 5. The third kappa shape index (κ3) is 9.76. The maximum atomic E-state index is 12.4. The van der Waals surface area contributed by atoms with E-state index in [0.717, 1.165) is 12.1 Å². The summed E-state index contributed by atoms with van der Waals surface area (Å²) in [7, 11) is -9.74. The molecule has 0 heterocycles. The zero-order valence-electron chi connectivity index (χ0n) is 24.6. The minimum Gasteiger partial charge on any atom is -0.871 e. The molecule has 0 aliphatic heterocycles. The number of hydrogen-bond acceptors (Lipinski definition) is 16. The van der Waals surface area contributed by atoms with Crippen molar-refractivity contribution >= 4 is 77.4 Å². The van der Waals surface area contributed by atoms with Gasteiger partial charge in [-0.3, -0.25) is 19.2 Å². The van der Waals surface area contributed by atoms with Gasteiger partial charge in [-0.1, -0.05) is 5.75 Å². The number of anilines is 4. The molecule has 19 nitrogen and oxygen atoms in total. The van der Waals surface area contributed by atoms with Crippen LogP contribution in [0.1, 0.15) is 10.4 Å². The molecule has 0 saturated heterocycles. The largest absolute Gasteiger partial charge is 1.00 e. The molecule has 0 radical (unpaired) electrons. The third-order valence-electron chi connectivity index (χ3n) is 5.88. The number of carbonyl (C=O) groups is 1. The predicted octanol–water partition coefficient (Wildman–Crippen LogP) is -2.73. The number of non-ortho nitro benzene ring substituents is 1. The Kier molecular flexibility index (Phi) is 13.3. The summed E-state index contributed by atoms with van der Waals surface area (Å²) in [6, 6.07) is 12.1. The number of azo groups is 2. The van der Waals surface area contributed by atoms with E-state index in [4.69, 9.17) is 11.5 Å². The molecule has 4 rings (SSSR count). The third-order valence-corrected chi connectivity index (χ3v) is 7.60. The topological polar surface area (TPSA) is 329 Å². The molecular weight excluding hydrogens is 698 g/mol. The number of nitrogens with one attached hydrogen (secondary N) is 1. The Morgan fingerprint density at radius 2 is 1.33 bits per heavy atom. The Balaban J connectivity index is 0.00000400. The summed E-state index contributed by atoms with van der Waals surface area (Å²) < 4.78 is 65.3. The van der Waals surface area contributed by atoms with E-state index in [1.807, 2.05) is 0 Å². The fourth-order valence-electron chi connectivity index (χ4n) is 3.67. The van der Waals surface area contributed by atoms with Crippen molar-refractivity contribution in [1.29, 1.82) is 0 Å². The van der Waals surface area contributed by atoms with Gasteiger partial charge in [-0.2, -0.15) is 27.1 Å². The predicted molar refractivity (Wildman–Crippen MR) is 156 cm³/mol. The number of rotatable bonds is 10. The van der Waals surface area contributed by atoms with Crippen molar-refractivity contribution in [1.82, 2.24) is 0 Å². The van der Waals surface area contributed by atoms with Crippen LogP contribution in [0.2, 0.25) is 0 Å². The normalized spacial score (nSPS) is 11.5. The van der Waals surface area contributed by atoms with Crippen LogP contribution in [0.3, 0.4) is 0 Å². The van der Waals surface area contributed by atoms with E-state index in [1.54, 1.807) is 0 Å². The van der Waals surface area contributed by atoms with E-state index in [9.17, 15) is 51.1 Å². The summed E-state index contributed by atoms with van der Waals surface area (Å²) in [5.41, 5.74) is 9.74. The van der Waals surface area contributed by atoms with Crippen LogP contribution in [0.4, 0.5) is 51.2 Å². The fraction of sp³-hybridized carbons (Fsp3) is 0. The second-order valence-electron chi connectivity index (χ2n) is 9.04. The Morgan fingerprint density at radius 1 is 0.771 bits per heavy atom. The zero-order chi connectivity index (χ0) is 34.0. The van der Waals surface area contributed by atoms with Gasteiger partial charge in [0.05, 0.1) is 44.2 Å². The van der Waals surface area contributed by atoms with Gasteiger partial charge in [-0.05, 0) is 60.2 Å². The van der Waals surface area contributed by atoms with E-state index >= 15 is 0 Å². The Bertz CT molecular complexity index is 2180. The van der Waals surface area contributed by atoms with Gasteiger partial charge in [-0.15, -0.1) is 10.2 Å². The number of hydrogen-bond donors (Lipinski definition) is 5. The second-order valence-corrected chi connectivity index (χ2v) is 11.8. The molecule has 0 fully saturated rings. The van der Waals surface area contributed by atoms with Crippen LogP contribution in [0, 0.1) is 10.1 Å². The molecule has 7 N–H and O–H groups in total. The van der Waals surface area contributed by atoms with E-state index in [1.165, 1.54) is 36.4 Å². The first-order valence-electron chi connectivity index (χ1n) is 12.1. The summed E-state index contributed by atoms with van der Waals surface area (Å²) in [6.07, 6.45) is 0. The van der Waals surface area contributed by atoms with Crippen LogP contribution < -0.4 is 86.1 Å². The van der Waals surface area contributed by atoms with Crippen LogP contribution in [0.15, 0.2) is 97.0 Å². The molecule has 0 saturated carbocycles. The molecule has 0 bridgehead atoms. The molecular formula is C25H18N8Na2O11S2. The summed E-state index contributed by atoms with van der Waals surface area (Å²) in [6.45, 7) is 0. The van der Waals surface area contributed by atoms with Crippen molar-refractivity contribution in [3.63, 3.8) is 0 Å². The minimum absolute atomic E-state index is 0. The molecule has 0 unspecified atom stereocenters. The van der Waals surface area contributed by atoms with Crippen molar-refractivity contribution in [3.8, 4) is 5.75 Å². The van der Waals surface area contributed by atoms with Crippen LogP contribution in [-0.4, -0.2) is 36.8 Å². The zero-order valence-corrected chi connectivity index (χ0v) is 30.3. The van der Waals surface area contributed by atoms with Crippen LogP contribution >= 0.6 is 0 Å². The molecule has 0 aliphatic rings. The molecule has 4 aromatic carbocycles. The Morgan fingerprint density at radius 3 is 1.85 bits per heavy atom. The first-order valence-corrected chi connectivity index (χ1v) is 15.0. The monoisotopic (exact) mass is 716 g/mol. The number of nitro groups is 1. The van der Waals surface area contributed by atoms with Gasteiger partial charge in [0, 0.05) is 17.8 Å². The van der Waals surface area contributed by atoms with Gasteiger partial charge < -0.3 is 31.8 Å². The first kappa shape index (κ1) is 40.1. The summed E-state index contributed by atoms with van der Waals surface area (Å²) >= 11 is 0. The van der Waals surface area contributed by atoms with Crippen LogP contribution in [0.25, 0.3) is 0 Å². The molecule has 0 spiro atoms. The van der Waals surface area contributed by atoms with Gasteiger partial charge in [0.2, 0.25) is 0 Å². The van der Waals surface area contributed by atoms with E-state index in [-0.39, 0.29) is 93.2 Å². The number of carboxylic acid groups (broad SMARTS) is 1. The molecule has 0 amide bonds. The number of nitro benzene ring substituents is 1. The quantitative estimate of drug-likeness (QED) is 0.0278. The Labute approximate surface area is 315 Å². The average Bonchev–Trinajstić information content (AvgIpc) is 2.96. The molecule has 48 heavy (non-hydrogen) atoms. The van der Waals surface area contributed by atoms with E-state index in [0.29, 0.717) is 23.9 Å². The molecule has 238 valence electrons. The maximum absolute atomic E-state index is 12.4. The van der Waals surface area contributed by atoms with E-state index < -0.39 is 63.6 Å². The van der Waals surface area contributed by atoms with Crippen molar-refractivity contribution < 1.29 is 105 Å². The minimum atomic E-state index is -4.93. The molecule has 4 aromatic rings. The van der Waals surface area contributed by atoms with Crippen molar-refractivity contribution in [2.75, 3.05) is 16.8 Å². The number of benzene rings is 4. The second kappa shape index (κ2) is 15.9. The van der Waals surface area contributed by atoms with E-state index in [2.05, 4.69) is 25.8 Å². The number of aromatic carboxylic acids is 1. The van der Waals surface area contributed by atoms with Crippen molar-refractivity contribution in [2.45, 2.75) is 9.79 Å². The Hall–Kier alpha value is -4.03. The SMILES string of the molecule is Nc1cc(N)c(N=Nc2cc(S(=O)(=O)O)cc(C(=O)[O-])c2[O-])cc1N=Nc1ccc(Nc2ccc([N+](=O)[O-])cc2S(=O)(=O)O)cc1.[Na+].[Na+]. The maximum Gasteiger partial charge on any atom is 1.00 e. The standard InChI is InChI=1S/C25H20N8O11S2.2Na/c26-17-10-18(27)21(31-32-22-9-15(45(39,40)41)8-16(24(22)34)25(35)36)11-20(17)30-29-13-3-1-12(2-4-13)28-19-6-5-14(33(37)38)7-23(19)46(42,43)44;;/h1-11,28,34H,26-27H2,(H,35,36)(H,39,40,41)(H,42,43,44);;/q;2*+1/p-2. The molecule has 0 aliphatic carbocycles. The summed E-state index contributed by atoms with van der Waals surface area (Å²) in [5, 5.41) is 52.7. The molecule has 0 aromatic heterocycles. The van der Waals surface area contributed by atoms with Gasteiger partial charge >= 0.3 is 59.1 Å². The number of carboxylic acids is 1. The van der Waals surface area contributed by atoms with Crippen molar-refractivity contribution in [2.24, 2.45) is 20.5 Å². The van der Waals surface area contributed by atoms with Crippen LogP contribution in [0.5, 0.6) is 5.75 Å². The van der Waals surface area contributed by atoms with Crippen molar-refractivity contribution in [3.05, 3.63) is 82.4 Å². The smallest absolute Gasteiger partial charge is 0.871 e. The van der Waals surface area contributed by atoms with Crippen LogP contribution in [-0.2, 0) is 20.2 Å². The number of nitrogen functional groups attached to an aromatic ring is 2. The first-order chi connectivity index (χ1) is 21.4. The summed E-state index contributed by atoms with van der Waals surface area (Å²) in [4.78, 5) is 19.8. The fourth-order valence-corrected chi connectivity index (χ4v) is 4.87. The number of nitrogens with two attached hydrogens (primary N) is 2. The van der Waals surface area contributed by atoms with Gasteiger partial charge in [0.15, 0.2) is 0 Å². The number of carbonyl (C=O) groups excluding carboxylic acids is 1. The average molecular weight is 717 g/mol.